The molecule has 2 N–H and O–H groups in total. The van der Waals surface area contributed by atoms with E-state index in [1.165, 1.54) is 11.8 Å². The van der Waals surface area contributed by atoms with E-state index >= 15 is 0 Å². The van der Waals surface area contributed by atoms with E-state index in [1.807, 2.05) is 20.8 Å². The van der Waals surface area contributed by atoms with Crippen molar-refractivity contribution in [1.82, 2.24) is 10.2 Å². The normalized spacial score (nSPS) is 13.3. The van der Waals surface area contributed by atoms with Gasteiger partial charge in [-0.2, -0.15) is 0 Å². The number of carbonyl (C=O) groups excluding carboxylic acids is 1. The summed E-state index contributed by atoms with van der Waals surface area (Å²) < 4.78 is 10.4. The third-order valence-electron chi connectivity index (χ3n) is 2.22. The van der Waals surface area contributed by atoms with Crippen molar-refractivity contribution >= 4 is 17.7 Å². The highest BCUT2D eigenvalue weighted by molar-refractivity contribution is 7.98. The molecule has 0 aliphatic carbocycles. The van der Waals surface area contributed by atoms with E-state index in [9.17, 15) is 4.79 Å². The number of aromatic nitrogens is 2. The van der Waals surface area contributed by atoms with Crippen LogP contribution in [-0.2, 0) is 20.7 Å². The zero-order valence-electron chi connectivity index (χ0n) is 11.8. The van der Waals surface area contributed by atoms with Crippen LogP contribution in [0.1, 0.15) is 39.5 Å². The quantitative estimate of drug-likeness (QED) is 0.792. The molecule has 1 rings (SSSR count). The van der Waals surface area contributed by atoms with Crippen molar-refractivity contribution in [2.24, 2.45) is 5.73 Å². The number of hydrogen-bond donors (Lipinski definition) is 1. The molecule has 0 aliphatic rings. The van der Waals surface area contributed by atoms with Gasteiger partial charge < -0.3 is 14.9 Å². The lowest BCUT2D eigenvalue weighted by atomic mass is 9.97. The van der Waals surface area contributed by atoms with Crippen LogP contribution in [0, 0.1) is 0 Å². The number of esters is 1. The molecule has 0 fully saturated rings. The minimum atomic E-state index is -0.616. The average Bonchev–Trinajstić information content (AvgIpc) is 2.77. The standard InChI is InChI=1S/C12H21N3O3S/c1-5-17-10(16)8(13)6-19-7-9-14-15-11(18-9)12(2,3)4/h8H,5-7,13H2,1-4H3. The van der Waals surface area contributed by atoms with Crippen molar-refractivity contribution in [1.29, 1.82) is 0 Å². The predicted molar refractivity (Wildman–Crippen MR) is 73.8 cm³/mol. The van der Waals surface area contributed by atoms with E-state index in [4.69, 9.17) is 14.9 Å². The molecular weight excluding hydrogens is 266 g/mol. The van der Waals surface area contributed by atoms with Gasteiger partial charge in [0.2, 0.25) is 11.8 Å². The molecule has 0 spiro atoms. The van der Waals surface area contributed by atoms with Crippen LogP contribution in [0.5, 0.6) is 0 Å². The second-order valence-electron chi connectivity index (χ2n) is 5.12. The highest BCUT2D eigenvalue weighted by Crippen LogP contribution is 2.22. The summed E-state index contributed by atoms with van der Waals surface area (Å²) in [4.78, 5) is 11.3. The molecule has 1 atom stereocenters. The molecule has 1 unspecified atom stereocenters. The summed E-state index contributed by atoms with van der Waals surface area (Å²) in [5.41, 5.74) is 5.52. The smallest absolute Gasteiger partial charge is 0.323 e. The predicted octanol–water partition coefficient (Wildman–Crippen LogP) is 1.49. The second-order valence-corrected chi connectivity index (χ2v) is 6.15. The van der Waals surface area contributed by atoms with Gasteiger partial charge in [-0.1, -0.05) is 20.8 Å². The number of carbonyl (C=O) groups is 1. The van der Waals surface area contributed by atoms with Gasteiger partial charge in [-0.05, 0) is 6.92 Å². The summed E-state index contributed by atoms with van der Waals surface area (Å²) in [6.45, 7) is 8.12. The summed E-state index contributed by atoms with van der Waals surface area (Å²) in [6, 6.07) is -0.616. The molecule has 0 bridgehead atoms. The maximum Gasteiger partial charge on any atom is 0.323 e. The monoisotopic (exact) mass is 287 g/mol. The Labute approximate surface area is 117 Å². The third-order valence-corrected chi connectivity index (χ3v) is 3.27. The SMILES string of the molecule is CCOC(=O)C(N)CSCc1nnc(C(C)(C)C)o1. The molecule has 0 aromatic carbocycles. The first kappa shape index (κ1) is 16.0. The topological polar surface area (TPSA) is 91.2 Å². The van der Waals surface area contributed by atoms with Crippen LogP contribution in [0.2, 0.25) is 0 Å². The van der Waals surface area contributed by atoms with Gasteiger partial charge in [0.25, 0.3) is 0 Å². The summed E-state index contributed by atoms with van der Waals surface area (Å²) in [7, 11) is 0. The molecule has 1 aromatic heterocycles. The summed E-state index contributed by atoms with van der Waals surface area (Å²) in [6.07, 6.45) is 0. The van der Waals surface area contributed by atoms with E-state index in [-0.39, 0.29) is 11.4 Å². The molecule has 0 aliphatic heterocycles. The first-order valence-corrected chi connectivity index (χ1v) is 7.33. The molecule has 0 amide bonds. The highest BCUT2D eigenvalue weighted by atomic mass is 32.2. The minimum absolute atomic E-state index is 0.156. The molecule has 1 aromatic rings. The van der Waals surface area contributed by atoms with Gasteiger partial charge in [0.15, 0.2) is 0 Å². The van der Waals surface area contributed by atoms with Gasteiger partial charge >= 0.3 is 5.97 Å². The maximum absolute atomic E-state index is 11.3. The number of nitrogens with zero attached hydrogens (tertiary/aromatic N) is 2. The van der Waals surface area contributed by atoms with Crippen molar-refractivity contribution in [2.75, 3.05) is 12.4 Å². The first-order chi connectivity index (χ1) is 8.84. The third kappa shape index (κ3) is 5.20. The number of ether oxygens (including phenoxy) is 1. The highest BCUT2D eigenvalue weighted by Gasteiger charge is 2.21. The lowest BCUT2D eigenvalue weighted by Crippen LogP contribution is -2.34. The van der Waals surface area contributed by atoms with E-state index < -0.39 is 6.04 Å². The van der Waals surface area contributed by atoms with Gasteiger partial charge in [-0.15, -0.1) is 22.0 Å². The fourth-order valence-electron chi connectivity index (χ4n) is 1.21. The zero-order chi connectivity index (χ0) is 14.5. The van der Waals surface area contributed by atoms with Crippen molar-refractivity contribution in [3.05, 3.63) is 11.8 Å². The molecule has 19 heavy (non-hydrogen) atoms. The Balaban J connectivity index is 2.37. The van der Waals surface area contributed by atoms with Crippen LogP contribution in [0.4, 0.5) is 0 Å². The van der Waals surface area contributed by atoms with Crippen LogP contribution in [0.3, 0.4) is 0 Å². The van der Waals surface area contributed by atoms with Crippen LogP contribution in [-0.4, -0.2) is 34.6 Å². The minimum Gasteiger partial charge on any atom is -0.465 e. The van der Waals surface area contributed by atoms with Crippen LogP contribution >= 0.6 is 11.8 Å². The lowest BCUT2D eigenvalue weighted by Gasteiger charge is -2.11. The number of thioether (sulfide) groups is 1. The Bertz CT molecular complexity index is 415. The van der Waals surface area contributed by atoms with Crippen LogP contribution < -0.4 is 5.73 Å². The average molecular weight is 287 g/mol. The van der Waals surface area contributed by atoms with Gasteiger partial charge in [-0.25, -0.2) is 0 Å². The van der Waals surface area contributed by atoms with Crippen molar-refractivity contribution < 1.29 is 13.9 Å². The molecule has 108 valence electrons. The first-order valence-electron chi connectivity index (χ1n) is 6.17. The van der Waals surface area contributed by atoms with Crippen molar-refractivity contribution in [3.63, 3.8) is 0 Å². The van der Waals surface area contributed by atoms with Gasteiger partial charge in [0.1, 0.15) is 6.04 Å². The van der Waals surface area contributed by atoms with Crippen LogP contribution in [0.15, 0.2) is 4.42 Å². The molecule has 6 nitrogen and oxygen atoms in total. The number of rotatable bonds is 6. The Hall–Kier alpha value is -1.08. The molecule has 1 heterocycles. The Morgan fingerprint density at radius 3 is 2.68 bits per heavy atom. The Kier molecular flexibility index (Phi) is 5.81. The van der Waals surface area contributed by atoms with E-state index in [0.717, 1.165) is 0 Å². The van der Waals surface area contributed by atoms with Gasteiger partial charge in [0.05, 0.1) is 12.4 Å². The van der Waals surface area contributed by atoms with Gasteiger partial charge in [0, 0.05) is 11.2 Å². The molecule has 0 radical (unpaired) electrons. The summed E-state index contributed by atoms with van der Waals surface area (Å²) in [5.74, 6) is 1.78. The lowest BCUT2D eigenvalue weighted by molar-refractivity contribution is -0.144. The fraction of sp³-hybridized carbons (Fsp3) is 0.750. The zero-order valence-corrected chi connectivity index (χ0v) is 12.6. The fourth-order valence-corrected chi connectivity index (χ4v) is 2.00. The van der Waals surface area contributed by atoms with Crippen molar-refractivity contribution in [2.45, 2.75) is 44.9 Å². The van der Waals surface area contributed by atoms with E-state index in [2.05, 4.69) is 10.2 Å². The van der Waals surface area contributed by atoms with Gasteiger partial charge in [-0.3, -0.25) is 4.79 Å². The Morgan fingerprint density at radius 1 is 1.47 bits per heavy atom. The summed E-state index contributed by atoms with van der Waals surface area (Å²) >= 11 is 1.47. The summed E-state index contributed by atoms with van der Waals surface area (Å²) in [5, 5.41) is 7.96. The van der Waals surface area contributed by atoms with Crippen molar-refractivity contribution in [3.8, 4) is 0 Å². The molecule has 7 heteroatoms. The molecule has 0 saturated carbocycles. The van der Waals surface area contributed by atoms with Crippen LogP contribution in [0.25, 0.3) is 0 Å². The molecular formula is C12H21N3O3S. The number of hydrogen-bond acceptors (Lipinski definition) is 7. The second kappa shape index (κ2) is 6.91. The van der Waals surface area contributed by atoms with E-state index in [0.29, 0.717) is 29.9 Å². The maximum atomic E-state index is 11.3. The number of nitrogens with two attached hydrogens (primary N) is 1. The largest absolute Gasteiger partial charge is 0.465 e. The van der Waals surface area contributed by atoms with E-state index in [1.54, 1.807) is 6.92 Å². The molecule has 0 saturated heterocycles. The Morgan fingerprint density at radius 2 is 2.16 bits per heavy atom.